The maximum absolute atomic E-state index is 12.3. The number of halogens is 2. The molecule has 0 aromatic heterocycles. The maximum Gasteiger partial charge on any atom is 0.224 e. The number of anilines is 2. The van der Waals surface area contributed by atoms with Gasteiger partial charge in [0.15, 0.2) is 0 Å². The van der Waals surface area contributed by atoms with E-state index in [4.69, 9.17) is 23.2 Å². The Balaban J connectivity index is 1.56. The van der Waals surface area contributed by atoms with Gasteiger partial charge in [-0.1, -0.05) is 42.3 Å². The molecule has 6 heteroatoms. The number of amides is 1. The summed E-state index contributed by atoms with van der Waals surface area (Å²) in [7, 11) is 0. The number of benzene rings is 2. The Labute approximate surface area is 177 Å². The van der Waals surface area contributed by atoms with E-state index in [1.54, 1.807) is 6.07 Å². The molecule has 1 N–H and O–H groups in total. The number of likely N-dealkylation sites (N-methyl/N-ethyl adjacent to an activating group) is 1. The lowest BCUT2D eigenvalue weighted by molar-refractivity contribution is -0.116. The largest absolute Gasteiger partial charge is 0.369 e. The van der Waals surface area contributed by atoms with Crippen molar-refractivity contribution < 1.29 is 4.79 Å². The summed E-state index contributed by atoms with van der Waals surface area (Å²) in [5.74, 6) is -0.0280. The second kappa shape index (κ2) is 9.64. The van der Waals surface area contributed by atoms with Crippen LogP contribution in [0, 0.1) is 6.92 Å². The quantitative estimate of drug-likeness (QED) is 0.713. The van der Waals surface area contributed by atoms with Crippen molar-refractivity contribution in [1.82, 2.24) is 4.90 Å². The van der Waals surface area contributed by atoms with E-state index in [1.165, 1.54) is 11.3 Å². The van der Waals surface area contributed by atoms with Gasteiger partial charge in [0.1, 0.15) is 0 Å². The van der Waals surface area contributed by atoms with Crippen molar-refractivity contribution >= 4 is 40.5 Å². The number of nitrogens with one attached hydrogen (secondary N) is 1. The standard InChI is InChI=1S/C22H27Cl2N3O/c1-3-26-11-13-27(14-12-26)20-9-8-18(15-16(20)2)25-21(28)10-7-17-5-4-6-19(23)22(17)24/h4-6,8-9,15H,3,7,10-14H2,1-2H3,(H,25,28). The first-order chi connectivity index (χ1) is 13.5. The minimum absolute atomic E-state index is 0.0280. The van der Waals surface area contributed by atoms with Gasteiger partial charge in [-0.3, -0.25) is 4.79 Å². The predicted molar refractivity (Wildman–Crippen MR) is 119 cm³/mol. The van der Waals surface area contributed by atoms with Crippen molar-refractivity contribution in [3.63, 3.8) is 0 Å². The number of rotatable bonds is 6. The Hall–Kier alpha value is -1.75. The van der Waals surface area contributed by atoms with E-state index >= 15 is 0 Å². The van der Waals surface area contributed by atoms with Crippen molar-refractivity contribution in [1.29, 1.82) is 0 Å². The van der Waals surface area contributed by atoms with Gasteiger partial charge < -0.3 is 15.1 Å². The molecule has 0 atom stereocenters. The van der Waals surface area contributed by atoms with E-state index in [9.17, 15) is 4.79 Å². The Morgan fingerprint density at radius 2 is 1.86 bits per heavy atom. The molecule has 0 bridgehead atoms. The fourth-order valence-corrected chi connectivity index (χ4v) is 4.02. The van der Waals surface area contributed by atoms with Crippen LogP contribution in [0.2, 0.25) is 10.0 Å². The van der Waals surface area contributed by atoms with Crippen LogP contribution in [0.15, 0.2) is 36.4 Å². The summed E-state index contributed by atoms with van der Waals surface area (Å²) in [5.41, 5.74) is 4.15. The number of hydrogen-bond acceptors (Lipinski definition) is 3. The number of carbonyl (C=O) groups excluding carboxylic acids is 1. The molecule has 1 aliphatic rings. The molecule has 2 aromatic rings. The fraction of sp³-hybridized carbons (Fsp3) is 0.409. The molecule has 1 heterocycles. The smallest absolute Gasteiger partial charge is 0.224 e. The Morgan fingerprint density at radius 1 is 1.11 bits per heavy atom. The number of aryl methyl sites for hydroxylation is 2. The zero-order chi connectivity index (χ0) is 20.1. The van der Waals surface area contributed by atoms with Gasteiger partial charge in [0.05, 0.1) is 10.0 Å². The third-order valence-electron chi connectivity index (χ3n) is 5.29. The highest BCUT2D eigenvalue weighted by Crippen LogP contribution is 2.27. The topological polar surface area (TPSA) is 35.6 Å². The third kappa shape index (κ3) is 5.19. The molecule has 0 unspecified atom stereocenters. The molecule has 3 rings (SSSR count). The molecule has 2 aromatic carbocycles. The second-order valence-corrected chi connectivity index (χ2v) is 7.97. The first kappa shape index (κ1) is 21.0. The molecule has 1 amide bonds. The highest BCUT2D eigenvalue weighted by atomic mass is 35.5. The van der Waals surface area contributed by atoms with Crippen molar-refractivity contribution in [2.24, 2.45) is 0 Å². The number of piperazine rings is 1. The van der Waals surface area contributed by atoms with Gasteiger partial charge in [0, 0.05) is 44.0 Å². The Bertz CT molecular complexity index is 833. The van der Waals surface area contributed by atoms with Gasteiger partial charge >= 0.3 is 0 Å². The van der Waals surface area contributed by atoms with Gasteiger partial charge in [-0.25, -0.2) is 0 Å². The SMILES string of the molecule is CCN1CCN(c2ccc(NC(=O)CCc3cccc(Cl)c3Cl)cc2C)CC1. The zero-order valence-corrected chi connectivity index (χ0v) is 18.0. The lowest BCUT2D eigenvalue weighted by atomic mass is 10.1. The fourth-order valence-electron chi connectivity index (χ4n) is 3.61. The molecule has 0 radical (unpaired) electrons. The van der Waals surface area contributed by atoms with Crippen molar-refractivity contribution in [3.8, 4) is 0 Å². The van der Waals surface area contributed by atoms with E-state index in [0.29, 0.717) is 22.9 Å². The van der Waals surface area contributed by atoms with E-state index < -0.39 is 0 Å². The van der Waals surface area contributed by atoms with Crippen LogP contribution in [0.3, 0.4) is 0 Å². The average molecular weight is 420 g/mol. The third-order valence-corrected chi connectivity index (χ3v) is 6.15. The molecule has 0 aliphatic carbocycles. The maximum atomic E-state index is 12.3. The molecule has 4 nitrogen and oxygen atoms in total. The molecule has 1 saturated heterocycles. The summed E-state index contributed by atoms with van der Waals surface area (Å²) in [4.78, 5) is 17.2. The zero-order valence-electron chi connectivity index (χ0n) is 16.5. The molecular formula is C22H27Cl2N3O. The first-order valence-corrected chi connectivity index (χ1v) is 10.5. The van der Waals surface area contributed by atoms with Crippen molar-refractivity contribution in [3.05, 3.63) is 57.6 Å². The van der Waals surface area contributed by atoms with Crippen molar-refractivity contribution in [2.45, 2.75) is 26.7 Å². The molecule has 1 aliphatic heterocycles. The summed E-state index contributed by atoms with van der Waals surface area (Å²) in [6.45, 7) is 9.70. The van der Waals surface area contributed by atoms with Gasteiger partial charge in [-0.2, -0.15) is 0 Å². The van der Waals surface area contributed by atoms with Crippen LogP contribution in [-0.4, -0.2) is 43.5 Å². The highest BCUT2D eigenvalue weighted by Gasteiger charge is 2.17. The average Bonchev–Trinajstić information content (AvgIpc) is 2.69. The summed E-state index contributed by atoms with van der Waals surface area (Å²) < 4.78 is 0. The monoisotopic (exact) mass is 419 g/mol. The van der Waals surface area contributed by atoms with Gasteiger partial charge in [0.25, 0.3) is 0 Å². The summed E-state index contributed by atoms with van der Waals surface area (Å²) in [6, 6.07) is 11.6. The van der Waals surface area contributed by atoms with Crippen LogP contribution in [0.4, 0.5) is 11.4 Å². The minimum Gasteiger partial charge on any atom is -0.369 e. The molecule has 28 heavy (non-hydrogen) atoms. The van der Waals surface area contributed by atoms with Crippen LogP contribution in [0.5, 0.6) is 0 Å². The first-order valence-electron chi connectivity index (χ1n) is 9.78. The van der Waals surface area contributed by atoms with Crippen molar-refractivity contribution in [2.75, 3.05) is 42.9 Å². The van der Waals surface area contributed by atoms with E-state index in [2.05, 4.69) is 35.0 Å². The lowest BCUT2D eigenvalue weighted by Gasteiger charge is -2.36. The van der Waals surface area contributed by atoms with Crippen LogP contribution in [0.25, 0.3) is 0 Å². The molecule has 1 fully saturated rings. The molecule has 150 valence electrons. The Kier molecular flexibility index (Phi) is 7.22. The van der Waals surface area contributed by atoms with Crippen LogP contribution < -0.4 is 10.2 Å². The predicted octanol–water partition coefficient (Wildman–Crippen LogP) is 5.02. The molecule has 0 saturated carbocycles. The second-order valence-electron chi connectivity index (χ2n) is 7.18. The summed E-state index contributed by atoms with van der Waals surface area (Å²) in [6.07, 6.45) is 0.920. The Morgan fingerprint density at radius 3 is 2.54 bits per heavy atom. The number of nitrogens with zero attached hydrogens (tertiary/aromatic N) is 2. The van der Waals surface area contributed by atoms with Gasteiger partial charge in [-0.15, -0.1) is 0 Å². The molecular weight excluding hydrogens is 393 g/mol. The van der Waals surface area contributed by atoms with E-state index in [0.717, 1.165) is 44.0 Å². The lowest BCUT2D eigenvalue weighted by Crippen LogP contribution is -2.46. The summed E-state index contributed by atoms with van der Waals surface area (Å²) >= 11 is 12.2. The van der Waals surface area contributed by atoms with Crippen LogP contribution in [0.1, 0.15) is 24.5 Å². The highest BCUT2D eigenvalue weighted by molar-refractivity contribution is 6.42. The van der Waals surface area contributed by atoms with Crippen LogP contribution in [-0.2, 0) is 11.2 Å². The minimum atomic E-state index is -0.0280. The van der Waals surface area contributed by atoms with E-state index in [-0.39, 0.29) is 5.91 Å². The summed E-state index contributed by atoms with van der Waals surface area (Å²) in [5, 5.41) is 4.04. The van der Waals surface area contributed by atoms with E-state index in [1.807, 2.05) is 24.3 Å². The van der Waals surface area contributed by atoms with Gasteiger partial charge in [-0.05, 0) is 55.3 Å². The van der Waals surface area contributed by atoms with Gasteiger partial charge in [0.2, 0.25) is 5.91 Å². The molecule has 0 spiro atoms. The van der Waals surface area contributed by atoms with Crippen LogP contribution >= 0.6 is 23.2 Å². The normalized spacial score (nSPS) is 14.9. The number of carbonyl (C=O) groups is 1. The number of hydrogen-bond donors (Lipinski definition) is 1.